The highest BCUT2D eigenvalue weighted by atomic mass is 16.6. The van der Waals surface area contributed by atoms with Crippen LogP contribution in [0.1, 0.15) is 59.3 Å². The van der Waals surface area contributed by atoms with E-state index in [1.807, 2.05) is 0 Å². The molecule has 3 aliphatic carbocycles. The Labute approximate surface area is 155 Å². The van der Waals surface area contributed by atoms with Crippen LogP contribution in [0, 0.1) is 33.8 Å². The molecule has 3 aliphatic rings. The van der Waals surface area contributed by atoms with Crippen LogP contribution in [0.15, 0.2) is 35.4 Å². The molecule has 0 amide bonds. The smallest absolute Gasteiger partial charge is 0.269 e. The number of allylic oxidation sites excluding steroid dienone is 1. The van der Waals surface area contributed by atoms with Crippen LogP contribution in [-0.4, -0.2) is 10.5 Å². The Bertz CT molecular complexity index is 722. The normalized spacial score (nSPS) is 30.9. The number of hydrogen-bond acceptors (Lipinski definition) is 3. The maximum Gasteiger partial charge on any atom is 0.269 e. The van der Waals surface area contributed by atoms with E-state index in [4.69, 9.17) is 4.74 Å². The van der Waals surface area contributed by atoms with Crippen molar-refractivity contribution in [3.05, 3.63) is 45.5 Å². The molecule has 1 aromatic carbocycles. The number of hydrogen-bond donors (Lipinski definition) is 0. The van der Waals surface area contributed by atoms with Crippen molar-refractivity contribution in [3.63, 3.8) is 0 Å². The molecule has 0 N–H and O–H groups in total. The molecule has 140 valence electrons. The van der Waals surface area contributed by atoms with Crippen LogP contribution in [0.3, 0.4) is 0 Å². The maximum absolute atomic E-state index is 10.8. The topological polar surface area (TPSA) is 52.4 Å². The van der Waals surface area contributed by atoms with Crippen LogP contribution in [0.5, 0.6) is 5.75 Å². The molecule has 2 saturated carbocycles. The van der Waals surface area contributed by atoms with Crippen molar-refractivity contribution in [3.8, 4) is 5.75 Å². The van der Waals surface area contributed by atoms with E-state index in [-0.39, 0.29) is 16.2 Å². The van der Waals surface area contributed by atoms with E-state index in [1.165, 1.54) is 44.2 Å². The van der Waals surface area contributed by atoms with Gasteiger partial charge in [-0.05, 0) is 76.3 Å². The van der Waals surface area contributed by atoms with Crippen LogP contribution in [-0.2, 0) is 0 Å². The van der Waals surface area contributed by atoms with E-state index in [2.05, 4.69) is 20.8 Å². The average molecular weight is 355 g/mol. The van der Waals surface area contributed by atoms with Gasteiger partial charge in [-0.1, -0.05) is 24.0 Å². The summed E-state index contributed by atoms with van der Waals surface area (Å²) in [7, 11) is 0. The minimum absolute atomic E-state index is 0.106. The predicted octanol–water partition coefficient (Wildman–Crippen LogP) is 5.91. The third kappa shape index (κ3) is 3.04. The largest absolute Gasteiger partial charge is 0.487 e. The third-order valence-electron chi connectivity index (χ3n) is 6.96. The molecule has 0 aromatic heterocycles. The number of benzene rings is 1. The zero-order chi connectivity index (χ0) is 18.5. The number of nitro groups is 1. The lowest BCUT2D eigenvalue weighted by molar-refractivity contribution is -0.384. The highest BCUT2D eigenvalue weighted by molar-refractivity contribution is 5.37. The maximum atomic E-state index is 10.8. The Kier molecular flexibility index (Phi) is 4.32. The summed E-state index contributed by atoms with van der Waals surface area (Å²) in [4.78, 5) is 10.5. The Hall–Kier alpha value is -1.84. The molecule has 4 nitrogen and oxygen atoms in total. The minimum atomic E-state index is -0.370. The van der Waals surface area contributed by atoms with Gasteiger partial charge in [-0.2, -0.15) is 0 Å². The number of nitro benzene ring substituents is 1. The summed E-state index contributed by atoms with van der Waals surface area (Å²) in [6.45, 7) is 6.69. The molecule has 2 fully saturated rings. The Morgan fingerprint density at radius 3 is 2.27 bits per heavy atom. The standard InChI is InChI=1S/C22H29NO3/c1-14-8-13-19(20(14)21-17-6-4-5-7-18(17)21)22(2,3)26-16-11-9-15(10-12-16)23(24)25/h9-12,17-19,21H,4-8,13H2,1-3H3/t17?,18?,19-,21?/m0/s1. The number of fused-ring (bicyclic) bond motifs is 1. The van der Waals surface area contributed by atoms with Crippen LogP contribution >= 0.6 is 0 Å². The molecule has 0 heterocycles. The molecule has 4 rings (SSSR count). The number of nitrogens with zero attached hydrogens (tertiary/aromatic N) is 1. The molecule has 1 aromatic rings. The SMILES string of the molecule is CC1=C(C2C3CCCCC32)[C@@H](C(C)(C)Oc2ccc([N+](=O)[O-])cc2)CC1. The molecule has 26 heavy (non-hydrogen) atoms. The van der Waals surface area contributed by atoms with E-state index in [0.717, 1.165) is 29.9 Å². The van der Waals surface area contributed by atoms with Crippen LogP contribution < -0.4 is 4.74 Å². The molecule has 0 bridgehead atoms. The van der Waals surface area contributed by atoms with E-state index >= 15 is 0 Å². The quantitative estimate of drug-likeness (QED) is 0.374. The van der Waals surface area contributed by atoms with Gasteiger partial charge in [-0.25, -0.2) is 0 Å². The van der Waals surface area contributed by atoms with Crippen LogP contribution in [0.4, 0.5) is 5.69 Å². The molecule has 0 aliphatic heterocycles. The molecule has 4 heteroatoms. The zero-order valence-electron chi connectivity index (χ0n) is 16.0. The van der Waals surface area contributed by atoms with Gasteiger partial charge in [0.1, 0.15) is 11.4 Å². The van der Waals surface area contributed by atoms with Crippen LogP contribution in [0.25, 0.3) is 0 Å². The first kappa shape index (κ1) is 17.6. The van der Waals surface area contributed by atoms with Gasteiger partial charge in [-0.15, -0.1) is 0 Å². The number of non-ortho nitro benzene ring substituents is 1. The van der Waals surface area contributed by atoms with Crippen molar-refractivity contribution >= 4 is 5.69 Å². The molecular formula is C22H29NO3. The van der Waals surface area contributed by atoms with Crippen molar-refractivity contribution in [1.29, 1.82) is 0 Å². The Balaban J connectivity index is 1.52. The predicted molar refractivity (Wildman–Crippen MR) is 102 cm³/mol. The second kappa shape index (κ2) is 6.40. The first-order valence-corrected chi connectivity index (χ1v) is 10.0. The van der Waals surface area contributed by atoms with Gasteiger partial charge >= 0.3 is 0 Å². The minimum Gasteiger partial charge on any atom is -0.487 e. The van der Waals surface area contributed by atoms with Gasteiger partial charge in [0, 0.05) is 18.1 Å². The first-order chi connectivity index (χ1) is 12.4. The second-order valence-electron chi connectivity index (χ2n) is 8.92. The fourth-order valence-electron chi connectivity index (χ4n) is 5.66. The lowest BCUT2D eigenvalue weighted by Crippen LogP contribution is -2.38. The lowest BCUT2D eigenvalue weighted by Gasteiger charge is -2.35. The van der Waals surface area contributed by atoms with Gasteiger partial charge < -0.3 is 4.74 Å². The van der Waals surface area contributed by atoms with E-state index < -0.39 is 0 Å². The Morgan fingerprint density at radius 2 is 1.69 bits per heavy atom. The summed E-state index contributed by atoms with van der Waals surface area (Å²) in [5.74, 6) is 3.81. The van der Waals surface area contributed by atoms with Crippen molar-refractivity contribution in [2.45, 2.75) is 64.9 Å². The highest BCUT2D eigenvalue weighted by Gasteiger charge is 2.56. The van der Waals surface area contributed by atoms with Gasteiger partial charge in [0.15, 0.2) is 0 Å². The van der Waals surface area contributed by atoms with Crippen molar-refractivity contribution in [2.75, 3.05) is 0 Å². The van der Waals surface area contributed by atoms with Gasteiger partial charge in [0.2, 0.25) is 0 Å². The first-order valence-electron chi connectivity index (χ1n) is 10.0. The van der Waals surface area contributed by atoms with Gasteiger partial charge in [-0.3, -0.25) is 10.1 Å². The van der Waals surface area contributed by atoms with Crippen molar-refractivity contribution in [1.82, 2.24) is 0 Å². The van der Waals surface area contributed by atoms with E-state index in [1.54, 1.807) is 23.3 Å². The van der Waals surface area contributed by atoms with E-state index in [9.17, 15) is 10.1 Å². The second-order valence-corrected chi connectivity index (χ2v) is 8.92. The molecule has 2 unspecified atom stereocenters. The third-order valence-corrected chi connectivity index (χ3v) is 6.96. The van der Waals surface area contributed by atoms with Gasteiger partial charge in [0.05, 0.1) is 4.92 Å². The van der Waals surface area contributed by atoms with Gasteiger partial charge in [0.25, 0.3) is 5.69 Å². The Morgan fingerprint density at radius 1 is 1.08 bits per heavy atom. The summed E-state index contributed by atoms with van der Waals surface area (Å²) in [6.07, 6.45) is 7.96. The highest BCUT2D eigenvalue weighted by Crippen LogP contribution is 2.63. The molecule has 0 radical (unpaired) electrons. The summed E-state index contributed by atoms with van der Waals surface area (Å²) in [5, 5.41) is 10.8. The molecule has 0 saturated heterocycles. The summed E-state index contributed by atoms with van der Waals surface area (Å²) < 4.78 is 6.37. The summed E-state index contributed by atoms with van der Waals surface area (Å²) >= 11 is 0. The number of rotatable bonds is 5. The van der Waals surface area contributed by atoms with Crippen molar-refractivity contribution in [2.24, 2.45) is 23.7 Å². The molecular weight excluding hydrogens is 326 g/mol. The summed E-state index contributed by atoms with van der Waals surface area (Å²) in [5.41, 5.74) is 3.09. The molecule has 3 atom stereocenters. The van der Waals surface area contributed by atoms with Crippen molar-refractivity contribution < 1.29 is 9.66 Å². The molecule has 0 spiro atoms. The number of ether oxygens (including phenoxy) is 1. The monoisotopic (exact) mass is 355 g/mol. The average Bonchev–Trinajstić information content (AvgIpc) is 3.19. The van der Waals surface area contributed by atoms with Crippen LogP contribution in [0.2, 0.25) is 0 Å². The fraction of sp³-hybridized carbons (Fsp3) is 0.636. The van der Waals surface area contributed by atoms with E-state index in [0.29, 0.717) is 5.92 Å². The fourth-order valence-corrected chi connectivity index (χ4v) is 5.66. The lowest BCUT2D eigenvalue weighted by atomic mass is 9.82. The summed E-state index contributed by atoms with van der Waals surface area (Å²) in [6, 6.07) is 6.50. The zero-order valence-corrected chi connectivity index (χ0v) is 16.0.